The van der Waals surface area contributed by atoms with Gasteiger partial charge < -0.3 is 5.32 Å². The summed E-state index contributed by atoms with van der Waals surface area (Å²) in [6.07, 6.45) is 1.74. The van der Waals surface area contributed by atoms with Crippen molar-refractivity contribution in [3.8, 4) is 0 Å². The van der Waals surface area contributed by atoms with E-state index in [2.05, 4.69) is 10.3 Å². The fraction of sp³-hybridized carbons (Fsp3) is 0.250. The first-order valence-corrected chi connectivity index (χ1v) is 6.89. The molecule has 19 heavy (non-hydrogen) atoms. The Kier molecular flexibility index (Phi) is 4.47. The first-order chi connectivity index (χ1) is 9.08. The molecule has 0 aliphatic heterocycles. The van der Waals surface area contributed by atoms with Crippen molar-refractivity contribution in [2.75, 3.05) is 0 Å². The summed E-state index contributed by atoms with van der Waals surface area (Å²) in [5, 5.41) is 17.5. The van der Waals surface area contributed by atoms with Crippen LogP contribution in [0.4, 0.5) is 5.69 Å². The average Bonchev–Trinajstić information content (AvgIpc) is 2.89. The summed E-state index contributed by atoms with van der Waals surface area (Å²) in [6, 6.07) is 4.60. The maximum Gasteiger partial charge on any atom is 0.273 e. The molecule has 1 unspecified atom stereocenters. The maximum atomic E-state index is 10.9. The third kappa shape index (κ3) is 3.50. The third-order valence-electron chi connectivity index (χ3n) is 2.66. The zero-order valence-corrected chi connectivity index (χ0v) is 11.7. The molecule has 1 aromatic heterocycles. The predicted octanol–water partition coefficient (Wildman–Crippen LogP) is 3.56. The molecule has 1 N–H and O–H groups in total. The van der Waals surface area contributed by atoms with Gasteiger partial charge in [0.1, 0.15) is 5.01 Å². The van der Waals surface area contributed by atoms with Crippen LogP contribution in [-0.2, 0) is 6.54 Å². The molecule has 2 rings (SSSR count). The number of thiazole rings is 1. The summed E-state index contributed by atoms with van der Waals surface area (Å²) in [6.45, 7) is 2.34. The molecule has 1 atom stereocenters. The van der Waals surface area contributed by atoms with Crippen molar-refractivity contribution in [3.63, 3.8) is 0 Å². The van der Waals surface area contributed by atoms with E-state index in [9.17, 15) is 10.1 Å². The van der Waals surface area contributed by atoms with Gasteiger partial charge in [-0.15, -0.1) is 11.3 Å². The van der Waals surface area contributed by atoms with Crippen LogP contribution in [0.25, 0.3) is 0 Å². The Morgan fingerprint density at radius 3 is 3.00 bits per heavy atom. The van der Waals surface area contributed by atoms with Crippen molar-refractivity contribution in [3.05, 3.63) is 55.5 Å². The van der Waals surface area contributed by atoms with E-state index in [4.69, 9.17) is 11.6 Å². The predicted molar refractivity (Wildman–Crippen MR) is 75.5 cm³/mol. The Morgan fingerprint density at radius 2 is 2.37 bits per heavy atom. The minimum absolute atomic E-state index is 0.0404. The molecule has 1 heterocycles. The average molecular weight is 298 g/mol. The standard InChI is InChI=1S/C12H12ClN3O2S/c1-8(12-14-4-5-19-12)15-7-9-6-10(13)2-3-11(9)16(17)18/h2-6,8,15H,7H2,1H3. The largest absolute Gasteiger partial charge is 0.304 e. The molecule has 0 saturated heterocycles. The van der Waals surface area contributed by atoms with E-state index in [1.54, 1.807) is 23.6 Å². The van der Waals surface area contributed by atoms with Gasteiger partial charge in [-0.1, -0.05) is 11.6 Å². The monoisotopic (exact) mass is 297 g/mol. The van der Waals surface area contributed by atoms with Gasteiger partial charge in [-0.25, -0.2) is 4.98 Å². The van der Waals surface area contributed by atoms with Crippen molar-refractivity contribution in [1.29, 1.82) is 0 Å². The number of hydrogen-bond donors (Lipinski definition) is 1. The van der Waals surface area contributed by atoms with Gasteiger partial charge in [-0.2, -0.15) is 0 Å². The third-order valence-corrected chi connectivity index (χ3v) is 3.85. The van der Waals surface area contributed by atoms with Crippen molar-refractivity contribution < 1.29 is 4.92 Å². The van der Waals surface area contributed by atoms with Gasteiger partial charge in [0.25, 0.3) is 5.69 Å². The molecule has 0 saturated carbocycles. The molecule has 0 amide bonds. The van der Waals surface area contributed by atoms with E-state index in [-0.39, 0.29) is 11.7 Å². The highest BCUT2D eigenvalue weighted by Gasteiger charge is 2.15. The lowest BCUT2D eigenvalue weighted by atomic mass is 10.1. The molecule has 0 spiro atoms. The summed E-state index contributed by atoms with van der Waals surface area (Å²) in [7, 11) is 0. The molecule has 0 radical (unpaired) electrons. The first kappa shape index (κ1) is 13.9. The van der Waals surface area contributed by atoms with E-state index in [0.717, 1.165) is 5.01 Å². The number of nitro benzene ring substituents is 1. The van der Waals surface area contributed by atoms with Gasteiger partial charge in [0.05, 0.1) is 11.0 Å². The Labute approximate surface area is 119 Å². The zero-order valence-electron chi connectivity index (χ0n) is 10.2. The molecular formula is C12H12ClN3O2S. The normalized spacial score (nSPS) is 12.3. The van der Waals surface area contributed by atoms with E-state index in [0.29, 0.717) is 17.1 Å². The molecule has 5 nitrogen and oxygen atoms in total. The molecule has 0 aliphatic carbocycles. The fourth-order valence-corrected chi connectivity index (χ4v) is 2.54. The number of hydrogen-bond acceptors (Lipinski definition) is 5. The molecule has 2 aromatic rings. The van der Waals surface area contributed by atoms with Gasteiger partial charge in [0.2, 0.25) is 0 Å². The van der Waals surface area contributed by atoms with Crippen molar-refractivity contribution >= 4 is 28.6 Å². The van der Waals surface area contributed by atoms with Crippen LogP contribution in [0, 0.1) is 10.1 Å². The summed E-state index contributed by atoms with van der Waals surface area (Å²) < 4.78 is 0. The second kappa shape index (κ2) is 6.10. The van der Waals surface area contributed by atoms with Gasteiger partial charge in [0.15, 0.2) is 0 Å². The molecular weight excluding hydrogens is 286 g/mol. The summed E-state index contributed by atoms with van der Waals surface area (Å²) in [5.74, 6) is 0. The number of benzene rings is 1. The summed E-state index contributed by atoms with van der Waals surface area (Å²) in [4.78, 5) is 14.7. The van der Waals surface area contributed by atoms with E-state index >= 15 is 0 Å². The zero-order chi connectivity index (χ0) is 13.8. The number of nitro groups is 1. The van der Waals surface area contributed by atoms with Crippen LogP contribution in [0.3, 0.4) is 0 Å². The summed E-state index contributed by atoms with van der Waals surface area (Å²) >= 11 is 7.42. The molecule has 0 bridgehead atoms. The van der Waals surface area contributed by atoms with Gasteiger partial charge in [0, 0.05) is 34.8 Å². The number of rotatable bonds is 5. The Morgan fingerprint density at radius 1 is 1.58 bits per heavy atom. The second-order valence-corrected chi connectivity index (χ2v) is 5.37. The SMILES string of the molecule is CC(NCc1cc(Cl)ccc1[N+](=O)[O-])c1nccs1. The number of aromatic nitrogens is 1. The lowest BCUT2D eigenvalue weighted by Gasteiger charge is -2.11. The van der Waals surface area contributed by atoms with Crippen molar-refractivity contribution in [2.45, 2.75) is 19.5 Å². The van der Waals surface area contributed by atoms with Crippen LogP contribution in [0.1, 0.15) is 23.5 Å². The minimum Gasteiger partial charge on any atom is -0.304 e. The topological polar surface area (TPSA) is 68.1 Å². The molecule has 0 aliphatic rings. The first-order valence-electron chi connectivity index (χ1n) is 5.63. The lowest BCUT2D eigenvalue weighted by molar-refractivity contribution is -0.385. The highest BCUT2D eigenvalue weighted by Crippen LogP contribution is 2.23. The van der Waals surface area contributed by atoms with E-state index in [1.165, 1.54) is 12.1 Å². The van der Waals surface area contributed by atoms with Crippen molar-refractivity contribution in [1.82, 2.24) is 10.3 Å². The number of halogens is 1. The molecule has 100 valence electrons. The van der Waals surface area contributed by atoms with Crippen LogP contribution >= 0.6 is 22.9 Å². The van der Waals surface area contributed by atoms with Crippen molar-refractivity contribution in [2.24, 2.45) is 0 Å². The van der Waals surface area contributed by atoms with Gasteiger partial charge >= 0.3 is 0 Å². The van der Waals surface area contributed by atoms with Crippen LogP contribution < -0.4 is 5.32 Å². The van der Waals surface area contributed by atoms with Crippen LogP contribution in [-0.4, -0.2) is 9.91 Å². The maximum absolute atomic E-state index is 10.9. The molecule has 1 aromatic carbocycles. The fourth-order valence-electron chi connectivity index (χ4n) is 1.67. The van der Waals surface area contributed by atoms with Gasteiger partial charge in [-0.05, 0) is 19.1 Å². The second-order valence-electron chi connectivity index (χ2n) is 4.00. The Balaban J connectivity index is 2.10. The highest BCUT2D eigenvalue weighted by atomic mass is 35.5. The van der Waals surface area contributed by atoms with Crippen LogP contribution in [0.2, 0.25) is 5.02 Å². The Hall–Kier alpha value is -1.50. The number of nitrogens with one attached hydrogen (secondary N) is 1. The van der Waals surface area contributed by atoms with Crippen LogP contribution in [0.5, 0.6) is 0 Å². The minimum atomic E-state index is -0.401. The smallest absolute Gasteiger partial charge is 0.273 e. The lowest BCUT2D eigenvalue weighted by Crippen LogP contribution is -2.18. The van der Waals surface area contributed by atoms with E-state index < -0.39 is 4.92 Å². The molecule has 7 heteroatoms. The Bertz CT molecular complexity index is 574. The highest BCUT2D eigenvalue weighted by molar-refractivity contribution is 7.09. The molecule has 0 fully saturated rings. The van der Waals surface area contributed by atoms with Gasteiger partial charge in [-0.3, -0.25) is 10.1 Å². The van der Waals surface area contributed by atoms with Crippen LogP contribution in [0.15, 0.2) is 29.8 Å². The summed E-state index contributed by atoms with van der Waals surface area (Å²) in [5.41, 5.74) is 0.643. The van der Waals surface area contributed by atoms with E-state index in [1.807, 2.05) is 12.3 Å². The quantitative estimate of drug-likeness (QED) is 0.677. The number of nitrogens with zero attached hydrogens (tertiary/aromatic N) is 2.